The van der Waals surface area contributed by atoms with Gasteiger partial charge in [-0.3, -0.25) is 4.90 Å². The van der Waals surface area contributed by atoms with Crippen molar-refractivity contribution in [3.63, 3.8) is 0 Å². The van der Waals surface area contributed by atoms with Crippen molar-refractivity contribution in [1.82, 2.24) is 4.90 Å². The minimum absolute atomic E-state index is 0.101. The summed E-state index contributed by atoms with van der Waals surface area (Å²) >= 11 is 0. The zero-order chi connectivity index (χ0) is 15.3. The highest BCUT2D eigenvalue weighted by Gasteiger charge is 2.31. The zero-order valence-corrected chi connectivity index (χ0v) is 13.5. The molecule has 1 heterocycles. The molecule has 0 radical (unpaired) electrons. The van der Waals surface area contributed by atoms with Crippen molar-refractivity contribution >= 4 is 0 Å². The van der Waals surface area contributed by atoms with Gasteiger partial charge in [-0.25, -0.2) is 0 Å². The molecule has 0 saturated carbocycles. The van der Waals surface area contributed by atoms with Crippen molar-refractivity contribution in [3.05, 3.63) is 29.8 Å². The van der Waals surface area contributed by atoms with E-state index in [2.05, 4.69) is 37.8 Å². The summed E-state index contributed by atoms with van der Waals surface area (Å²) in [5, 5.41) is 0. The fourth-order valence-corrected chi connectivity index (χ4v) is 2.82. The van der Waals surface area contributed by atoms with Crippen LogP contribution in [0.2, 0.25) is 0 Å². The summed E-state index contributed by atoms with van der Waals surface area (Å²) in [5.41, 5.74) is 7.18. The summed E-state index contributed by atoms with van der Waals surface area (Å²) in [6.45, 7) is 10.4. The quantitative estimate of drug-likeness (QED) is 0.875. The minimum Gasteiger partial charge on any atom is -0.494 e. The third-order valence-electron chi connectivity index (χ3n) is 3.86. The Hall–Kier alpha value is -1.10. The number of morpholine rings is 1. The Labute approximate surface area is 128 Å². The standard InChI is InChI=1S/C17H28N2O2/c1-4-10-20-15-7-5-14(6-8-15)16(12-18)19-9-11-21-17(2,3)13-19/h5-8,16H,4,9-13,18H2,1-3H3. The van der Waals surface area contributed by atoms with Crippen molar-refractivity contribution in [2.75, 3.05) is 32.8 Å². The first-order valence-electron chi connectivity index (χ1n) is 7.86. The van der Waals surface area contributed by atoms with Gasteiger partial charge >= 0.3 is 0 Å². The molecule has 1 fully saturated rings. The Kier molecular flexibility index (Phi) is 5.62. The highest BCUT2D eigenvalue weighted by molar-refractivity contribution is 5.29. The van der Waals surface area contributed by atoms with Crippen LogP contribution in [-0.4, -0.2) is 43.3 Å². The van der Waals surface area contributed by atoms with E-state index < -0.39 is 0 Å². The fourth-order valence-electron chi connectivity index (χ4n) is 2.82. The fraction of sp³-hybridized carbons (Fsp3) is 0.647. The van der Waals surface area contributed by atoms with Crippen molar-refractivity contribution in [2.45, 2.75) is 38.8 Å². The molecular weight excluding hydrogens is 264 g/mol. The highest BCUT2D eigenvalue weighted by atomic mass is 16.5. The Morgan fingerprint density at radius 2 is 2.05 bits per heavy atom. The highest BCUT2D eigenvalue weighted by Crippen LogP contribution is 2.27. The first kappa shape index (κ1) is 16.3. The van der Waals surface area contributed by atoms with Gasteiger partial charge < -0.3 is 15.2 Å². The summed E-state index contributed by atoms with van der Waals surface area (Å²) < 4.78 is 11.4. The predicted octanol–water partition coefficient (Wildman–Crippen LogP) is 2.59. The second kappa shape index (κ2) is 7.25. The average molecular weight is 292 g/mol. The van der Waals surface area contributed by atoms with Crippen LogP contribution in [0, 0.1) is 0 Å². The molecule has 0 aliphatic carbocycles. The maximum absolute atomic E-state index is 6.03. The molecule has 1 aliphatic heterocycles. The van der Waals surface area contributed by atoms with E-state index in [1.807, 2.05) is 12.1 Å². The molecule has 0 amide bonds. The van der Waals surface area contributed by atoms with E-state index in [-0.39, 0.29) is 11.6 Å². The lowest BCUT2D eigenvalue weighted by Crippen LogP contribution is -2.50. The molecule has 2 N–H and O–H groups in total. The first-order chi connectivity index (χ1) is 10.1. The van der Waals surface area contributed by atoms with E-state index in [0.717, 1.165) is 38.5 Å². The third kappa shape index (κ3) is 4.43. The molecule has 1 aromatic carbocycles. The van der Waals surface area contributed by atoms with Gasteiger partial charge in [-0.05, 0) is 38.0 Å². The molecule has 21 heavy (non-hydrogen) atoms. The molecule has 0 spiro atoms. The molecule has 4 nitrogen and oxygen atoms in total. The van der Waals surface area contributed by atoms with Gasteiger partial charge in [0.05, 0.1) is 18.8 Å². The van der Waals surface area contributed by atoms with Gasteiger partial charge in [0.15, 0.2) is 0 Å². The van der Waals surface area contributed by atoms with Gasteiger partial charge in [0, 0.05) is 25.7 Å². The van der Waals surface area contributed by atoms with Crippen LogP contribution in [-0.2, 0) is 4.74 Å². The number of nitrogens with two attached hydrogens (primary N) is 1. The molecular formula is C17H28N2O2. The van der Waals surface area contributed by atoms with Gasteiger partial charge in [0.25, 0.3) is 0 Å². The van der Waals surface area contributed by atoms with Gasteiger partial charge in [-0.15, -0.1) is 0 Å². The SMILES string of the molecule is CCCOc1ccc(C(CN)N2CCOC(C)(C)C2)cc1. The molecule has 2 rings (SSSR count). The van der Waals surface area contributed by atoms with E-state index in [1.165, 1.54) is 5.56 Å². The predicted molar refractivity (Wildman–Crippen MR) is 85.6 cm³/mol. The second-order valence-corrected chi connectivity index (χ2v) is 6.25. The summed E-state index contributed by atoms with van der Waals surface area (Å²) in [6, 6.07) is 8.59. The topological polar surface area (TPSA) is 47.7 Å². The number of ether oxygens (including phenoxy) is 2. The molecule has 4 heteroatoms. The van der Waals surface area contributed by atoms with Gasteiger partial charge in [-0.1, -0.05) is 19.1 Å². The molecule has 1 unspecified atom stereocenters. The first-order valence-corrected chi connectivity index (χ1v) is 7.86. The summed E-state index contributed by atoms with van der Waals surface area (Å²) in [4.78, 5) is 2.42. The van der Waals surface area contributed by atoms with Crippen molar-refractivity contribution in [3.8, 4) is 5.75 Å². The molecule has 0 bridgehead atoms. The number of rotatable bonds is 6. The molecule has 118 valence electrons. The lowest BCUT2D eigenvalue weighted by Gasteiger charge is -2.42. The lowest BCUT2D eigenvalue weighted by atomic mass is 10.0. The average Bonchev–Trinajstić information content (AvgIpc) is 2.46. The minimum atomic E-state index is -0.101. The van der Waals surface area contributed by atoms with E-state index in [4.69, 9.17) is 15.2 Å². The van der Waals surface area contributed by atoms with Crippen LogP contribution in [0.5, 0.6) is 5.75 Å². The Bertz CT molecular complexity index is 431. The summed E-state index contributed by atoms with van der Waals surface area (Å²) in [5.74, 6) is 0.929. The van der Waals surface area contributed by atoms with Gasteiger partial charge in [0.2, 0.25) is 0 Å². The Morgan fingerprint density at radius 1 is 1.33 bits per heavy atom. The maximum atomic E-state index is 6.03. The van der Waals surface area contributed by atoms with Crippen molar-refractivity contribution in [2.24, 2.45) is 5.73 Å². The molecule has 0 aromatic heterocycles. The molecule has 1 aromatic rings. The largest absolute Gasteiger partial charge is 0.494 e. The molecule has 1 saturated heterocycles. The second-order valence-electron chi connectivity index (χ2n) is 6.25. The smallest absolute Gasteiger partial charge is 0.119 e. The van der Waals surface area contributed by atoms with Crippen LogP contribution in [0.1, 0.15) is 38.8 Å². The lowest BCUT2D eigenvalue weighted by molar-refractivity contribution is -0.0967. The summed E-state index contributed by atoms with van der Waals surface area (Å²) in [6.07, 6.45) is 1.02. The monoisotopic (exact) mass is 292 g/mol. The number of hydrogen-bond acceptors (Lipinski definition) is 4. The van der Waals surface area contributed by atoms with Crippen LogP contribution >= 0.6 is 0 Å². The zero-order valence-electron chi connectivity index (χ0n) is 13.5. The van der Waals surface area contributed by atoms with Crippen LogP contribution in [0.4, 0.5) is 0 Å². The van der Waals surface area contributed by atoms with Crippen LogP contribution in [0.15, 0.2) is 24.3 Å². The Balaban J connectivity index is 2.06. The van der Waals surface area contributed by atoms with Gasteiger partial charge in [0.1, 0.15) is 5.75 Å². The van der Waals surface area contributed by atoms with Crippen molar-refractivity contribution in [1.29, 1.82) is 0 Å². The van der Waals surface area contributed by atoms with E-state index >= 15 is 0 Å². The summed E-state index contributed by atoms with van der Waals surface area (Å²) in [7, 11) is 0. The third-order valence-corrected chi connectivity index (χ3v) is 3.86. The van der Waals surface area contributed by atoms with Crippen LogP contribution in [0.3, 0.4) is 0 Å². The van der Waals surface area contributed by atoms with Crippen LogP contribution in [0.25, 0.3) is 0 Å². The van der Waals surface area contributed by atoms with E-state index in [9.17, 15) is 0 Å². The normalized spacial score (nSPS) is 20.2. The molecule has 1 atom stereocenters. The number of nitrogens with zero attached hydrogens (tertiary/aromatic N) is 1. The van der Waals surface area contributed by atoms with Crippen molar-refractivity contribution < 1.29 is 9.47 Å². The number of benzene rings is 1. The number of hydrogen-bond donors (Lipinski definition) is 1. The maximum Gasteiger partial charge on any atom is 0.119 e. The van der Waals surface area contributed by atoms with Gasteiger partial charge in [-0.2, -0.15) is 0 Å². The molecule has 1 aliphatic rings. The van der Waals surface area contributed by atoms with E-state index in [1.54, 1.807) is 0 Å². The Morgan fingerprint density at radius 3 is 2.62 bits per heavy atom. The van der Waals surface area contributed by atoms with E-state index in [0.29, 0.717) is 6.54 Å². The van der Waals surface area contributed by atoms with Crippen LogP contribution < -0.4 is 10.5 Å².